The van der Waals surface area contributed by atoms with Gasteiger partial charge in [0, 0.05) is 18.8 Å². The summed E-state index contributed by atoms with van der Waals surface area (Å²) in [5.74, 6) is 0.236. The average Bonchev–Trinajstić information content (AvgIpc) is 3.25. The highest BCUT2D eigenvalue weighted by Gasteiger charge is 2.54. The van der Waals surface area contributed by atoms with Crippen molar-refractivity contribution in [2.45, 2.75) is 19.4 Å². The number of carbonyl (C=O) groups excluding carboxylic acids is 1. The highest BCUT2D eigenvalue weighted by atomic mass is 16.5. The standard InChI is InChI=1S/C12H16N4O3/c1-19-9-6-8(2-5-14-9)7-15-11(17)12(3-4-12)10(13)16-18/h2,5-6,18H,3-4,7H2,1H3,(H2,13,16)(H,15,17). The van der Waals surface area contributed by atoms with Gasteiger partial charge in [-0.2, -0.15) is 0 Å². The molecule has 0 spiro atoms. The lowest BCUT2D eigenvalue weighted by Crippen LogP contribution is -2.40. The van der Waals surface area contributed by atoms with Gasteiger partial charge in [0.05, 0.1) is 7.11 Å². The van der Waals surface area contributed by atoms with E-state index in [1.54, 1.807) is 18.3 Å². The van der Waals surface area contributed by atoms with Crippen LogP contribution in [-0.2, 0) is 11.3 Å². The van der Waals surface area contributed by atoms with E-state index in [0.717, 1.165) is 5.56 Å². The summed E-state index contributed by atoms with van der Waals surface area (Å²) in [6, 6.07) is 3.52. The van der Waals surface area contributed by atoms with E-state index in [4.69, 9.17) is 15.7 Å². The largest absolute Gasteiger partial charge is 0.481 e. The van der Waals surface area contributed by atoms with Gasteiger partial charge in [-0.05, 0) is 24.5 Å². The minimum absolute atomic E-state index is 0.0303. The number of methoxy groups -OCH3 is 1. The predicted octanol–water partition coefficient (Wildman–Crippen LogP) is 0.233. The number of carbonyl (C=O) groups is 1. The van der Waals surface area contributed by atoms with E-state index < -0.39 is 5.41 Å². The van der Waals surface area contributed by atoms with E-state index in [-0.39, 0.29) is 11.7 Å². The van der Waals surface area contributed by atoms with Gasteiger partial charge < -0.3 is 21.0 Å². The van der Waals surface area contributed by atoms with Crippen LogP contribution in [0.5, 0.6) is 5.88 Å². The molecule has 0 atom stereocenters. The van der Waals surface area contributed by atoms with Crippen LogP contribution in [0, 0.1) is 5.41 Å². The van der Waals surface area contributed by atoms with Gasteiger partial charge in [0.2, 0.25) is 11.8 Å². The van der Waals surface area contributed by atoms with Gasteiger partial charge in [0.1, 0.15) is 5.41 Å². The number of nitrogens with zero attached hydrogens (tertiary/aromatic N) is 2. The molecular formula is C12H16N4O3. The Balaban J connectivity index is 1.97. The van der Waals surface area contributed by atoms with Crippen LogP contribution in [0.15, 0.2) is 23.5 Å². The fourth-order valence-electron chi connectivity index (χ4n) is 1.84. The van der Waals surface area contributed by atoms with Crippen molar-refractivity contribution in [2.75, 3.05) is 7.11 Å². The van der Waals surface area contributed by atoms with Crippen molar-refractivity contribution in [3.63, 3.8) is 0 Å². The minimum atomic E-state index is -0.828. The van der Waals surface area contributed by atoms with Crippen molar-refractivity contribution in [3.8, 4) is 5.88 Å². The van der Waals surface area contributed by atoms with Crippen LogP contribution in [0.25, 0.3) is 0 Å². The summed E-state index contributed by atoms with van der Waals surface area (Å²) in [5, 5.41) is 14.4. The number of amidine groups is 1. The molecule has 4 N–H and O–H groups in total. The maximum absolute atomic E-state index is 12.0. The summed E-state index contributed by atoms with van der Waals surface area (Å²) in [7, 11) is 1.53. The molecule has 2 rings (SSSR count). The van der Waals surface area contributed by atoms with Crippen molar-refractivity contribution >= 4 is 11.7 Å². The molecule has 0 aromatic carbocycles. The molecule has 1 fully saturated rings. The van der Waals surface area contributed by atoms with Gasteiger partial charge in [0.15, 0.2) is 5.84 Å². The Morgan fingerprint density at radius 1 is 1.68 bits per heavy atom. The van der Waals surface area contributed by atoms with E-state index in [0.29, 0.717) is 25.3 Å². The molecule has 1 amide bonds. The van der Waals surface area contributed by atoms with E-state index in [2.05, 4.69) is 15.5 Å². The number of nitrogens with two attached hydrogens (primary N) is 1. The fourth-order valence-corrected chi connectivity index (χ4v) is 1.84. The molecular weight excluding hydrogens is 248 g/mol. The maximum Gasteiger partial charge on any atom is 0.234 e. The Labute approximate surface area is 110 Å². The van der Waals surface area contributed by atoms with Crippen LogP contribution in [0.3, 0.4) is 0 Å². The van der Waals surface area contributed by atoms with Crippen LogP contribution in [0.4, 0.5) is 0 Å². The molecule has 0 unspecified atom stereocenters. The van der Waals surface area contributed by atoms with Crippen molar-refractivity contribution in [3.05, 3.63) is 23.9 Å². The summed E-state index contributed by atoms with van der Waals surface area (Å²) < 4.78 is 5.00. The Bertz CT molecular complexity index is 511. The Morgan fingerprint density at radius 3 is 3.00 bits per heavy atom. The molecule has 1 heterocycles. The van der Waals surface area contributed by atoms with Crippen LogP contribution < -0.4 is 15.8 Å². The molecule has 0 aliphatic heterocycles. The number of rotatable bonds is 5. The second-order valence-corrected chi connectivity index (χ2v) is 4.46. The molecule has 19 heavy (non-hydrogen) atoms. The normalized spacial score (nSPS) is 16.8. The van der Waals surface area contributed by atoms with Crippen molar-refractivity contribution in [2.24, 2.45) is 16.3 Å². The second-order valence-electron chi connectivity index (χ2n) is 4.46. The molecule has 0 radical (unpaired) electrons. The Morgan fingerprint density at radius 2 is 2.42 bits per heavy atom. The summed E-state index contributed by atoms with van der Waals surface area (Å²) in [6.07, 6.45) is 2.82. The number of amides is 1. The number of nitrogens with one attached hydrogen (secondary N) is 1. The van der Waals surface area contributed by atoms with E-state index in [1.165, 1.54) is 7.11 Å². The molecule has 0 saturated heterocycles. The summed E-state index contributed by atoms with van der Waals surface area (Å²) >= 11 is 0. The zero-order valence-corrected chi connectivity index (χ0v) is 10.6. The lowest BCUT2D eigenvalue weighted by molar-refractivity contribution is -0.124. The van der Waals surface area contributed by atoms with Crippen molar-refractivity contribution in [1.82, 2.24) is 10.3 Å². The Kier molecular flexibility index (Phi) is 3.55. The number of aromatic nitrogens is 1. The van der Waals surface area contributed by atoms with E-state index in [1.807, 2.05) is 0 Å². The van der Waals surface area contributed by atoms with Gasteiger partial charge in [-0.15, -0.1) is 0 Å². The fraction of sp³-hybridized carbons (Fsp3) is 0.417. The first kappa shape index (κ1) is 13.1. The molecule has 1 aromatic rings. The van der Waals surface area contributed by atoms with Gasteiger partial charge in [0.25, 0.3) is 0 Å². The van der Waals surface area contributed by atoms with Gasteiger partial charge in [-0.25, -0.2) is 4.98 Å². The number of ether oxygens (including phenoxy) is 1. The predicted molar refractivity (Wildman–Crippen MR) is 67.7 cm³/mol. The average molecular weight is 264 g/mol. The zero-order chi connectivity index (χ0) is 13.9. The summed E-state index contributed by atoms with van der Waals surface area (Å²) in [4.78, 5) is 16.0. The van der Waals surface area contributed by atoms with Crippen LogP contribution >= 0.6 is 0 Å². The number of oxime groups is 1. The molecule has 102 valence electrons. The summed E-state index contributed by atoms with van der Waals surface area (Å²) in [6.45, 7) is 0.345. The monoisotopic (exact) mass is 264 g/mol. The minimum Gasteiger partial charge on any atom is -0.481 e. The SMILES string of the molecule is COc1cc(CNC(=O)C2(/C(N)=N/O)CC2)ccn1. The van der Waals surface area contributed by atoms with Gasteiger partial charge >= 0.3 is 0 Å². The third-order valence-electron chi connectivity index (χ3n) is 3.24. The van der Waals surface area contributed by atoms with Crippen LogP contribution in [0.1, 0.15) is 18.4 Å². The quantitative estimate of drug-likeness (QED) is 0.305. The summed E-state index contributed by atoms with van der Waals surface area (Å²) in [5.41, 5.74) is 5.58. The Hall–Kier alpha value is -2.31. The topological polar surface area (TPSA) is 110 Å². The molecule has 1 saturated carbocycles. The number of hydrogen-bond acceptors (Lipinski definition) is 5. The zero-order valence-electron chi connectivity index (χ0n) is 10.6. The first-order chi connectivity index (χ1) is 9.12. The lowest BCUT2D eigenvalue weighted by atomic mass is 10.1. The number of hydrogen-bond donors (Lipinski definition) is 3. The molecule has 0 bridgehead atoms. The molecule has 1 aliphatic rings. The lowest BCUT2D eigenvalue weighted by Gasteiger charge is -2.13. The third kappa shape index (κ3) is 2.59. The molecule has 7 heteroatoms. The third-order valence-corrected chi connectivity index (χ3v) is 3.24. The van der Waals surface area contributed by atoms with Crippen LogP contribution in [0.2, 0.25) is 0 Å². The van der Waals surface area contributed by atoms with E-state index >= 15 is 0 Å². The molecule has 1 aromatic heterocycles. The smallest absolute Gasteiger partial charge is 0.234 e. The highest BCUT2D eigenvalue weighted by Crippen LogP contribution is 2.46. The van der Waals surface area contributed by atoms with Crippen molar-refractivity contribution in [1.29, 1.82) is 0 Å². The highest BCUT2D eigenvalue weighted by molar-refractivity contribution is 6.09. The second kappa shape index (κ2) is 5.13. The molecule has 7 nitrogen and oxygen atoms in total. The van der Waals surface area contributed by atoms with Crippen LogP contribution in [-0.4, -0.2) is 29.0 Å². The van der Waals surface area contributed by atoms with Gasteiger partial charge in [-0.3, -0.25) is 4.79 Å². The number of pyridine rings is 1. The first-order valence-electron chi connectivity index (χ1n) is 5.87. The molecule has 1 aliphatic carbocycles. The van der Waals surface area contributed by atoms with E-state index in [9.17, 15) is 4.79 Å². The first-order valence-corrected chi connectivity index (χ1v) is 5.87. The van der Waals surface area contributed by atoms with Gasteiger partial charge in [-0.1, -0.05) is 5.16 Å². The van der Waals surface area contributed by atoms with Crippen molar-refractivity contribution < 1.29 is 14.7 Å². The maximum atomic E-state index is 12.0.